The number of nitrogens with two attached hydrogens (primary N) is 1. The fraction of sp³-hybridized carbons (Fsp3) is 0.0870. The van der Waals surface area contributed by atoms with Gasteiger partial charge >= 0.3 is 17.9 Å². The van der Waals surface area contributed by atoms with Gasteiger partial charge in [0.2, 0.25) is 0 Å². The molecule has 0 heterocycles. The van der Waals surface area contributed by atoms with Crippen LogP contribution in [0, 0.1) is 0 Å². The number of phenols is 2. The monoisotopic (exact) mass is 437 g/mol. The number of benzene rings is 3. The topological polar surface area (TPSA) is 156 Å². The molecule has 0 bridgehead atoms. The average molecular weight is 437 g/mol. The lowest BCUT2D eigenvalue weighted by Gasteiger charge is -2.13. The fourth-order valence-corrected chi connectivity index (χ4v) is 2.70. The van der Waals surface area contributed by atoms with Crippen LogP contribution in [-0.4, -0.2) is 39.3 Å². The molecule has 5 N–H and O–H groups in total. The van der Waals surface area contributed by atoms with E-state index in [1.54, 1.807) is 0 Å². The van der Waals surface area contributed by atoms with Crippen molar-refractivity contribution in [2.24, 2.45) is 5.73 Å². The number of carboxylic acids is 1. The second-order valence-electron chi connectivity index (χ2n) is 6.80. The Morgan fingerprint density at radius 3 is 1.69 bits per heavy atom. The standard InChI is InChI=1S/C23H19NO8/c24-18(21(27)28)11-13-1-10-19(31-22(29)14-2-6-16(25)7-3-14)20(12-13)32-23(30)15-4-8-17(26)9-5-15/h1-10,12,18,25-26H,11,24H2,(H,27,28)/t18-/m0/s1. The molecule has 0 saturated carbocycles. The number of carboxylic acid groups (broad SMARTS) is 1. The fourth-order valence-electron chi connectivity index (χ4n) is 2.70. The molecule has 0 unspecified atom stereocenters. The Balaban J connectivity index is 1.89. The molecule has 3 aromatic carbocycles. The molecule has 0 saturated heterocycles. The Labute approximate surface area is 182 Å². The van der Waals surface area contributed by atoms with E-state index in [1.165, 1.54) is 66.7 Å². The predicted octanol–water partition coefficient (Wildman–Crippen LogP) is 2.49. The molecule has 9 heteroatoms. The van der Waals surface area contributed by atoms with Crippen molar-refractivity contribution in [3.63, 3.8) is 0 Å². The Morgan fingerprint density at radius 1 is 0.750 bits per heavy atom. The molecule has 3 aromatic rings. The molecule has 32 heavy (non-hydrogen) atoms. The highest BCUT2D eigenvalue weighted by atomic mass is 16.6. The Hall–Kier alpha value is -4.37. The lowest BCUT2D eigenvalue weighted by Crippen LogP contribution is -2.32. The number of aromatic hydroxyl groups is 2. The summed E-state index contributed by atoms with van der Waals surface area (Å²) in [5.41, 5.74) is 6.30. The third-order valence-corrected chi connectivity index (χ3v) is 4.39. The van der Waals surface area contributed by atoms with Crippen molar-refractivity contribution >= 4 is 17.9 Å². The van der Waals surface area contributed by atoms with Crippen LogP contribution in [0.15, 0.2) is 66.7 Å². The minimum atomic E-state index is -1.20. The number of rotatable bonds is 7. The van der Waals surface area contributed by atoms with Crippen LogP contribution in [0.25, 0.3) is 0 Å². The molecule has 0 amide bonds. The van der Waals surface area contributed by atoms with Crippen LogP contribution in [0.4, 0.5) is 0 Å². The van der Waals surface area contributed by atoms with E-state index < -0.39 is 23.9 Å². The van der Waals surface area contributed by atoms with Gasteiger partial charge in [-0.05, 0) is 72.6 Å². The largest absolute Gasteiger partial charge is 0.508 e. The molecule has 0 aromatic heterocycles. The van der Waals surface area contributed by atoms with E-state index in [9.17, 15) is 24.6 Å². The number of phenolic OH excluding ortho intramolecular Hbond substituents is 2. The van der Waals surface area contributed by atoms with E-state index >= 15 is 0 Å². The number of ether oxygens (including phenoxy) is 2. The van der Waals surface area contributed by atoms with Crippen molar-refractivity contribution in [3.05, 3.63) is 83.4 Å². The molecule has 3 rings (SSSR count). The van der Waals surface area contributed by atoms with E-state index in [0.717, 1.165) is 0 Å². The van der Waals surface area contributed by atoms with Gasteiger partial charge in [0, 0.05) is 0 Å². The molecule has 1 atom stereocenters. The summed E-state index contributed by atoms with van der Waals surface area (Å²) in [6, 6.07) is 13.7. The first-order valence-electron chi connectivity index (χ1n) is 9.36. The van der Waals surface area contributed by atoms with Gasteiger partial charge in [-0.3, -0.25) is 4.79 Å². The van der Waals surface area contributed by atoms with Crippen LogP contribution >= 0.6 is 0 Å². The minimum Gasteiger partial charge on any atom is -0.508 e. The highest BCUT2D eigenvalue weighted by Crippen LogP contribution is 2.31. The zero-order valence-electron chi connectivity index (χ0n) is 16.6. The van der Waals surface area contributed by atoms with Gasteiger partial charge in [0.25, 0.3) is 0 Å². The number of hydrogen-bond donors (Lipinski definition) is 4. The summed E-state index contributed by atoms with van der Waals surface area (Å²) in [6.45, 7) is 0. The number of carbonyl (C=O) groups excluding carboxylic acids is 2. The van der Waals surface area contributed by atoms with Crippen LogP contribution < -0.4 is 15.2 Å². The summed E-state index contributed by atoms with van der Waals surface area (Å²) in [5, 5.41) is 27.8. The number of esters is 2. The molecule has 0 spiro atoms. The molecule has 164 valence electrons. The highest BCUT2D eigenvalue weighted by Gasteiger charge is 2.19. The van der Waals surface area contributed by atoms with Crippen molar-refractivity contribution in [1.82, 2.24) is 0 Å². The highest BCUT2D eigenvalue weighted by molar-refractivity contribution is 5.93. The summed E-state index contributed by atoms with van der Waals surface area (Å²) in [7, 11) is 0. The van der Waals surface area contributed by atoms with Gasteiger partial charge in [0.1, 0.15) is 17.5 Å². The van der Waals surface area contributed by atoms with Crippen LogP contribution in [0.1, 0.15) is 26.3 Å². The summed E-state index contributed by atoms with van der Waals surface area (Å²) in [5.74, 6) is -3.00. The third kappa shape index (κ3) is 5.61. The Morgan fingerprint density at radius 2 is 1.22 bits per heavy atom. The first-order chi connectivity index (χ1) is 15.2. The van der Waals surface area contributed by atoms with E-state index in [2.05, 4.69) is 0 Å². The van der Waals surface area contributed by atoms with Crippen molar-refractivity contribution in [1.29, 1.82) is 0 Å². The number of aliphatic carboxylic acids is 1. The van der Waals surface area contributed by atoms with Crippen molar-refractivity contribution in [3.8, 4) is 23.0 Å². The molecule has 0 aliphatic heterocycles. The van der Waals surface area contributed by atoms with Crippen molar-refractivity contribution < 1.29 is 39.2 Å². The van der Waals surface area contributed by atoms with Crippen LogP contribution in [-0.2, 0) is 11.2 Å². The second kappa shape index (κ2) is 9.63. The lowest BCUT2D eigenvalue weighted by molar-refractivity contribution is -0.138. The Kier molecular flexibility index (Phi) is 6.71. The minimum absolute atomic E-state index is 0.0239. The molecular weight excluding hydrogens is 418 g/mol. The molecular formula is C23H19NO8. The Bertz CT molecular complexity index is 1140. The maximum absolute atomic E-state index is 12.5. The quantitative estimate of drug-likeness (QED) is 0.322. The van der Waals surface area contributed by atoms with Gasteiger partial charge in [-0.2, -0.15) is 0 Å². The molecule has 9 nitrogen and oxygen atoms in total. The smallest absolute Gasteiger partial charge is 0.343 e. The van der Waals surface area contributed by atoms with Crippen molar-refractivity contribution in [2.45, 2.75) is 12.5 Å². The van der Waals surface area contributed by atoms with Crippen LogP contribution in [0.3, 0.4) is 0 Å². The molecule has 0 fully saturated rings. The van der Waals surface area contributed by atoms with E-state index in [1.807, 2.05) is 0 Å². The normalized spacial score (nSPS) is 11.4. The number of carbonyl (C=O) groups is 3. The van der Waals surface area contributed by atoms with Crippen LogP contribution in [0.5, 0.6) is 23.0 Å². The van der Waals surface area contributed by atoms with Crippen molar-refractivity contribution in [2.75, 3.05) is 0 Å². The summed E-state index contributed by atoms with van der Waals surface area (Å²) >= 11 is 0. The molecule has 0 aliphatic rings. The van der Waals surface area contributed by atoms with Crippen LogP contribution in [0.2, 0.25) is 0 Å². The molecule has 0 aliphatic carbocycles. The van der Waals surface area contributed by atoms with E-state index in [4.69, 9.17) is 20.3 Å². The molecule has 0 radical (unpaired) electrons. The zero-order chi connectivity index (χ0) is 23.3. The maximum atomic E-state index is 12.5. The maximum Gasteiger partial charge on any atom is 0.343 e. The average Bonchev–Trinajstić information content (AvgIpc) is 2.76. The van der Waals surface area contributed by atoms with Gasteiger partial charge in [0.15, 0.2) is 11.5 Å². The second-order valence-corrected chi connectivity index (χ2v) is 6.80. The van der Waals surface area contributed by atoms with Gasteiger partial charge in [-0.1, -0.05) is 6.07 Å². The SMILES string of the molecule is N[C@@H](Cc1ccc(OC(=O)c2ccc(O)cc2)c(OC(=O)c2ccc(O)cc2)c1)C(=O)O. The van der Waals surface area contributed by atoms with E-state index in [-0.39, 0.29) is 40.5 Å². The van der Waals surface area contributed by atoms with Gasteiger partial charge < -0.3 is 30.5 Å². The predicted molar refractivity (Wildman–Crippen MR) is 112 cm³/mol. The summed E-state index contributed by atoms with van der Waals surface area (Å²) in [4.78, 5) is 36.0. The first kappa shape index (κ1) is 22.3. The zero-order valence-corrected chi connectivity index (χ0v) is 16.6. The summed E-state index contributed by atoms with van der Waals surface area (Å²) in [6.07, 6.45) is -0.0503. The lowest BCUT2D eigenvalue weighted by atomic mass is 10.1. The number of hydrogen-bond acceptors (Lipinski definition) is 8. The van der Waals surface area contributed by atoms with Gasteiger partial charge in [-0.15, -0.1) is 0 Å². The third-order valence-electron chi connectivity index (χ3n) is 4.39. The summed E-state index contributed by atoms with van der Waals surface area (Å²) < 4.78 is 10.7. The van der Waals surface area contributed by atoms with Gasteiger partial charge in [0.05, 0.1) is 11.1 Å². The van der Waals surface area contributed by atoms with E-state index in [0.29, 0.717) is 5.56 Å². The van der Waals surface area contributed by atoms with Gasteiger partial charge in [-0.25, -0.2) is 9.59 Å². The first-order valence-corrected chi connectivity index (χ1v) is 9.36.